The van der Waals surface area contributed by atoms with E-state index in [1.54, 1.807) is 0 Å². The maximum absolute atomic E-state index is 3.26. The fraction of sp³-hybridized carbons (Fsp3) is 0.385. The first-order chi connectivity index (χ1) is 6.22. The largest absolute Gasteiger partial charge is 4.00 e. The van der Waals surface area contributed by atoms with Crippen LogP contribution in [-0.2, 0) is 26.2 Å². The third-order valence-corrected chi connectivity index (χ3v) is 2.41. The van der Waals surface area contributed by atoms with E-state index in [0.717, 1.165) is 12.8 Å². The number of halogens is 2. The molecular formula is C13H16Cl2Zr. The van der Waals surface area contributed by atoms with Crippen LogP contribution in [0, 0.1) is 12.2 Å². The van der Waals surface area contributed by atoms with Gasteiger partial charge < -0.3 is 24.8 Å². The van der Waals surface area contributed by atoms with Gasteiger partial charge in [-0.3, -0.25) is 12.2 Å². The Hall–Kier alpha value is 0.423. The maximum atomic E-state index is 3.26. The topological polar surface area (TPSA) is 0 Å². The zero-order chi connectivity index (χ0) is 9.68. The molecule has 2 rings (SSSR count). The van der Waals surface area contributed by atoms with Crippen molar-refractivity contribution >= 4 is 0 Å². The second kappa shape index (κ2) is 11.9. The fourth-order valence-electron chi connectivity index (χ4n) is 1.19. The van der Waals surface area contributed by atoms with Gasteiger partial charge in [-0.1, -0.05) is 13.8 Å². The van der Waals surface area contributed by atoms with E-state index in [1.165, 1.54) is 16.7 Å². The van der Waals surface area contributed by atoms with Gasteiger partial charge in [-0.25, -0.2) is 17.7 Å². The molecule has 0 bridgehead atoms. The summed E-state index contributed by atoms with van der Waals surface area (Å²) in [5, 5.41) is 0. The van der Waals surface area contributed by atoms with Gasteiger partial charge in [0.1, 0.15) is 0 Å². The van der Waals surface area contributed by atoms with Crippen LogP contribution in [0.5, 0.6) is 0 Å². The third kappa shape index (κ3) is 7.66. The van der Waals surface area contributed by atoms with Crippen molar-refractivity contribution in [1.29, 1.82) is 0 Å². The summed E-state index contributed by atoms with van der Waals surface area (Å²) in [5.74, 6) is 0. The molecule has 0 saturated heterocycles. The van der Waals surface area contributed by atoms with Crippen LogP contribution in [0.3, 0.4) is 0 Å². The number of hydrogen-bond donors (Lipinski definition) is 0. The van der Waals surface area contributed by atoms with Gasteiger partial charge in [0, 0.05) is 0 Å². The molecule has 0 heterocycles. The zero-order valence-electron chi connectivity index (χ0n) is 9.90. The summed E-state index contributed by atoms with van der Waals surface area (Å²) in [7, 11) is 0. The summed E-state index contributed by atoms with van der Waals surface area (Å²) in [5.41, 5.74) is 4.25. The minimum Gasteiger partial charge on any atom is -1.00 e. The van der Waals surface area contributed by atoms with Crippen molar-refractivity contribution < 1.29 is 51.0 Å². The second-order valence-corrected chi connectivity index (χ2v) is 3.39. The molecule has 0 nitrogen and oxygen atoms in total. The molecule has 16 heavy (non-hydrogen) atoms. The summed E-state index contributed by atoms with van der Waals surface area (Å²) in [6.07, 6.45) is 14.3. The van der Waals surface area contributed by atoms with E-state index in [1.807, 2.05) is 12.2 Å². The summed E-state index contributed by atoms with van der Waals surface area (Å²) in [6.45, 7) is 6.44. The monoisotopic (exact) mass is 332 g/mol. The smallest absolute Gasteiger partial charge is 1.00 e. The maximum Gasteiger partial charge on any atom is 4.00 e. The van der Waals surface area contributed by atoms with Crippen molar-refractivity contribution in [2.24, 2.45) is 0 Å². The van der Waals surface area contributed by atoms with Crippen molar-refractivity contribution in [1.82, 2.24) is 0 Å². The van der Waals surface area contributed by atoms with Gasteiger partial charge in [0.25, 0.3) is 0 Å². The molecule has 2 aliphatic carbocycles. The van der Waals surface area contributed by atoms with E-state index in [9.17, 15) is 0 Å². The minimum absolute atomic E-state index is 0. The Labute approximate surface area is 131 Å². The molecule has 0 aromatic carbocycles. The van der Waals surface area contributed by atoms with Crippen LogP contribution in [-0.4, -0.2) is 0 Å². The number of hydrogen-bond acceptors (Lipinski definition) is 0. The normalized spacial score (nSPS) is 15.3. The van der Waals surface area contributed by atoms with Gasteiger partial charge in [0.15, 0.2) is 0 Å². The van der Waals surface area contributed by atoms with Crippen LogP contribution in [0.2, 0.25) is 0 Å². The van der Waals surface area contributed by atoms with Crippen LogP contribution in [0.25, 0.3) is 0 Å². The van der Waals surface area contributed by atoms with Crippen molar-refractivity contribution in [2.45, 2.75) is 33.6 Å². The van der Waals surface area contributed by atoms with Crippen molar-refractivity contribution in [3.05, 3.63) is 47.1 Å². The van der Waals surface area contributed by atoms with E-state index >= 15 is 0 Å². The van der Waals surface area contributed by atoms with Gasteiger partial charge >= 0.3 is 26.2 Å². The Morgan fingerprint density at radius 2 is 1.75 bits per heavy atom. The molecule has 0 atom stereocenters. The molecule has 0 saturated carbocycles. The third-order valence-electron chi connectivity index (χ3n) is 2.41. The van der Waals surface area contributed by atoms with E-state index < -0.39 is 0 Å². The van der Waals surface area contributed by atoms with Crippen LogP contribution < -0.4 is 24.8 Å². The van der Waals surface area contributed by atoms with E-state index in [0.29, 0.717) is 0 Å². The molecule has 0 unspecified atom stereocenters. The molecular weight excluding hydrogens is 318 g/mol. The summed E-state index contributed by atoms with van der Waals surface area (Å²) < 4.78 is 0. The first kappa shape index (κ1) is 21.7. The average Bonchev–Trinajstić information content (AvgIpc) is 2.75. The Bertz CT molecular complexity index is 284. The molecule has 0 aromatic heterocycles. The molecule has 0 aliphatic heterocycles. The average molecular weight is 334 g/mol. The van der Waals surface area contributed by atoms with Gasteiger partial charge in [0.05, 0.1) is 0 Å². The van der Waals surface area contributed by atoms with Crippen molar-refractivity contribution in [3.8, 4) is 0 Å². The second-order valence-electron chi connectivity index (χ2n) is 3.39. The summed E-state index contributed by atoms with van der Waals surface area (Å²) >= 11 is 0. The van der Waals surface area contributed by atoms with Crippen LogP contribution in [0.15, 0.2) is 34.9 Å². The van der Waals surface area contributed by atoms with Crippen molar-refractivity contribution in [3.63, 3.8) is 0 Å². The van der Waals surface area contributed by atoms with Gasteiger partial charge in [-0.15, -0.1) is 19.8 Å². The van der Waals surface area contributed by atoms with Gasteiger partial charge in [0.2, 0.25) is 0 Å². The molecule has 0 fully saturated rings. The minimum atomic E-state index is 0. The summed E-state index contributed by atoms with van der Waals surface area (Å²) in [6, 6.07) is 0. The van der Waals surface area contributed by atoms with Gasteiger partial charge in [-0.2, -0.15) is 17.2 Å². The molecule has 3 heteroatoms. The SMILES string of the molecule is CC1=[C-]CC(C)=C1C.[C-]1=CC=CC1.[Cl-].[Cl-].[Zr+4]. The first-order valence-electron chi connectivity index (χ1n) is 4.67. The quantitative estimate of drug-likeness (QED) is 0.441. The molecule has 0 spiro atoms. The van der Waals surface area contributed by atoms with Crippen LogP contribution in [0.1, 0.15) is 33.6 Å². The molecule has 0 N–H and O–H groups in total. The Morgan fingerprint density at radius 1 is 1.12 bits per heavy atom. The predicted octanol–water partition coefficient (Wildman–Crippen LogP) is -2.21. The van der Waals surface area contributed by atoms with E-state index in [4.69, 9.17) is 0 Å². The Kier molecular flexibility index (Phi) is 16.1. The first-order valence-corrected chi connectivity index (χ1v) is 4.67. The summed E-state index contributed by atoms with van der Waals surface area (Å²) in [4.78, 5) is 0. The fourth-order valence-corrected chi connectivity index (χ4v) is 1.19. The van der Waals surface area contributed by atoms with Crippen LogP contribution >= 0.6 is 0 Å². The molecule has 2 aliphatic rings. The molecule has 0 radical (unpaired) electrons. The van der Waals surface area contributed by atoms with Crippen molar-refractivity contribution in [2.75, 3.05) is 0 Å². The molecule has 0 amide bonds. The Balaban J connectivity index is -0.000000189. The number of rotatable bonds is 0. The predicted molar refractivity (Wildman–Crippen MR) is 57.0 cm³/mol. The Morgan fingerprint density at radius 3 is 1.88 bits per heavy atom. The molecule has 0 aromatic rings. The van der Waals surface area contributed by atoms with E-state index in [-0.39, 0.29) is 51.0 Å². The zero-order valence-corrected chi connectivity index (χ0v) is 13.9. The molecule has 86 valence electrons. The van der Waals surface area contributed by atoms with Gasteiger partial charge in [-0.05, 0) is 0 Å². The van der Waals surface area contributed by atoms with E-state index in [2.05, 4.69) is 39.0 Å². The standard InChI is InChI=1S/C8H11.C5H5.2ClH.Zr/c1-6-4-5-7(2)8(6)3;1-2-4-5-3-1;;;/h4H2,1-3H3;1-3H,4H2;2*1H;/q2*-1;;;+4/p-2. The number of allylic oxidation sites excluding steroid dienone is 8. The van der Waals surface area contributed by atoms with Crippen LogP contribution in [0.4, 0.5) is 0 Å².